The Hall–Kier alpha value is -2.55. The van der Waals surface area contributed by atoms with Gasteiger partial charge in [0, 0.05) is 25.7 Å². The second kappa shape index (κ2) is 7.77. The van der Waals surface area contributed by atoms with Crippen LogP contribution in [0.2, 0.25) is 5.02 Å². The highest BCUT2D eigenvalue weighted by molar-refractivity contribution is 7.89. The molecule has 0 radical (unpaired) electrons. The fourth-order valence-electron chi connectivity index (χ4n) is 2.04. The molecule has 26 heavy (non-hydrogen) atoms. The SMILES string of the molecule is CN(C)S(=O)(=O)c1ccc(C(=O)C=Cc2ccc(Cl)c([N+](=O)[O-])c2)cc1. The van der Waals surface area contributed by atoms with Gasteiger partial charge in [-0.1, -0.05) is 23.7 Å². The smallest absolute Gasteiger partial charge is 0.288 e. The molecule has 0 aliphatic rings. The van der Waals surface area contributed by atoms with E-state index in [1.807, 2.05) is 0 Å². The van der Waals surface area contributed by atoms with E-state index in [2.05, 4.69) is 0 Å². The molecule has 0 unspecified atom stereocenters. The number of sulfonamides is 1. The quantitative estimate of drug-likeness (QED) is 0.323. The monoisotopic (exact) mass is 394 g/mol. The van der Waals surface area contributed by atoms with Gasteiger partial charge in [0.2, 0.25) is 10.0 Å². The molecule has 0 saturated heterocycles. The van der Waals surface area contributed by atoms with Crippen LogP contribution in [-0.2, 0) is 10.0 Å². The molecule has 0 heterocycles. The highest BCUT2D eigenvalue weighted by atomic mass is 35.5. The normalized spacial score (nSPS) is 11.8. The largest absolute Gasteiger partial charge is 0.289 e. The number of nitro groups is 1. The summed E-state index contributed by atoms with van der Waals surface area (Å²) in [5.74, 6) is -0.364. The van der Waals surface area contributed by atoms with Crippen molar-refractivity contribution in [2.45, 2.75) is 4.90 Å². The minimum atomic E-state index is -3.56. The Morgan fingerprint density at radius 1 is 1.15 bits per heavy atom. The first kappa shape index (κ1) is 19.8. The molecule has 2 rings (SSSR count). The van der Waals surface area contributed by atoms with Crippen molar-refractivity contribution in [3.05, 3.63) is 74.8 Å². The van der Waals surface area contributed by atoms with Crippen LogP contribution in [0.25, 0.3) is 6.08 Å². The molecule has 0 saturated carbocycles. The van der Waals surface area contributed by atoms with E-state index < -0.39 is 14.9 Å². The number of allylic oxidation sites excluding steroid dienone is 1. The van der Waals surface area contributed by atoms with Crippen LogP contribution in [0.4, 0.5) is 5.69 Å². The first-order valence-electron chi connectivity index (χ1n) is 7.32. The van der Waals surface area contributed by atoms with Crippen molar-refractivity contribution in [2.75, 3.05) is 14.1 Å². The Morgan fingerprint density at radius 3 is 2.31 bits per heavy atom. The Bertz CT molecular complexity index is 983. The molecular weight excluding hydrogens is 380 g/mol. The van der Waals surface area contributed by atoms with Gasteiger partial charge in [0.15, 0.2) is 5.78 Å². The molecular formula is C17H15ClN2O5S. The number of carbonyl (C=O) groups excluding carboxylic acids is 1. The van der Waals surface area contributed by atoms with Crippen LogP contribution in [0.3, 0.4) is 0 Å². The van der Waals surface area contributed by atoms with Crippen molar-refractivity contribution in [1.29, 1.82) is 0 Å². The molecule has 9 heteroatoms. The summed E-state index contributed by atoms with van der Waals surface area (Å²) in [6.45, 7) is 0. The zero-order valence-electron chi connectivity index (χ0n) is 13.9. The fraction of sp³-hybridized carbons (Fsp3) is 0.118. The summed E-state index contributed by atoms with van der Waals surface area (Å²) in [4.78, 5) is 22.5. The van der Waals surface area contributed by atoms with Gasteiger partial charge >= 0.3 is 0 Å². The van der Waals surface area contributed by atoms with E-state index in [9.17, 15) is 23.3 Å². The molecule has 2 aromatic carbocycles. The number of halogens is 1. The molecule has 0 spiro atoms. The van der Waals surface area contributed by atoms with E-state index in [1.165, 1.54) is 62.6 Å². The fourth-order valence-corrected chi connectivity index (χ4v) is 3.13. The maximum atomic E-state index is 12.2. The van der Waals surface area contributed by atoms with Gasteiger partial charge in [0.1, 0.15) is 5.02 Å². The third-order valence-electron chi connectivity index (χ3n) is 3.51. The molecule has 0 aliphatic carbocycles. The van der Waals surface area contributed by atoms with E-state index in [4.69, 9.17) is 11.6 Å². The van der Waals surface area contributed by atoms with Crippen molar-refractivity contribution in [2.24, 2.45) is 0 Å². The summed E-state index contributed by atoms with van der Waals surface area (Å²) in [6, 6.07) is 9.71. The Morgan fingerprint density at radius 2 is 1.77 bits per heavy atom. The van der Waals surface area contributed by atoms with Gasteiger partial charge < -0.3 is 0 Å². The third kappa shape index (κ3) is 4.34. The zero-order chi connectivity index (χ0) is 19.5. The average molecular weight is 395 g/mol. The van der Waals surface area contributed by atoms with Gasteiger partial charge in [-0.25, -0.2) is 12.7 Å². The standard InChI is InChI=1S/C17H15ClN2O5S/c1-19(2)26(24,25)14-7-5-13(6-8-14)17(21)10-4-12-3-9-15(18)16(11-12)20(22)23/h3-11H,1-2H3. The number of nitrogens with zero attached hydrogens (tertiary/aromatic N) is 2. The van der Waals surface area contributed by atoms with E-state index in [0.29, 0.717) is 11.1 Å². The van der Waals surface area contributed by atoms with Gasteiger partial charge in [-0.15, -0.1) is 0 Å². The summed E-state index contributed by atoms with van der Waals surface area (Å²) >= 11 is 5.74. The van der Waals surface area contributed by atoms with Crippen LogP contribution in [0.1, 0.15) is 15.9 Å². The van der Waals surface area contributed by atoms with E-state index in [-0.39, 0.29) is 21.4 Å². The van der Waals surface area contributed by atoms with Gasteiger partial charge in [0.05, 0.1) is 9.82 Å². The lowest BCUT2D eigenvalue weighted by Gasteiger charge is -2.11. The Kier molecular flexibility index (Phi) is 5.91. The molecule has 0 aromatic heterocycles. The molecule has 0 atom stereocenters. The number of rotatable bonds is 6. The number of carbonyl (C=O) groups is 1. The van der Waals surface area contributed by atoms with Crippen LogP contribution in [0.15, 0.2) is 53.4 Å². The predicted molar refractivity (Wildman–Crippen MR) is 98.8 cm³/mol. The number of hydrogen-bond donors (Lipinski definition) is 0. The van der Waals surface area contributed by atoms with E-state index in [0.717, 1.165) is 4.31 Å². The minimum absolute atomic E-state index is 0.0103. The van der Waals surface area contributed by atoms with Crippen LogP contribution in [-0.4, -0.2) is 37.5 Å². The van der Waals surface area contributed by atoms with Gasteiger partial charge in [0.25, 0.3) is 5.69 Å². The molecule has 0 amide bonds. The van der Waals surface area contributed by atoms with E-state index in [1.54, 1.807) is 6.07 Å². The Labute approximate surface area is 155 Å². The number of nitro benzene ring substituents is 1. The first-order chi connectivity index (χ1) is 12.1. The molecule has 2 aromatic rings. The van der Waals surface area contributed by atoms with Crippen molar-refractivity contribution < 1.29 is 18.1 Å². The maximum Gasteiger partial charge on any atom is 0.288 e. The lowest BCUT2D eigenvalue weighted by molar-refractivity contribution is -0.384. The van der Waals surface area contributed by atoms with Crippen molar-refractivity contribution in [1.82, 2.24) is 4.31 Å². The number of hydrogen-bond acceptors (Lipinski definition) is 5. The lowest BCUT2D eigenvalue weighted by Crippen LogP contribution is -2.22. The second-order valence-corrected chi connectivity index (χ2v) is 8.04. The van der Waals surface area contributed by atoms with Crippen LogP contribution >= 0.6 is 11.6 Å². The second-order valence-electron chi connectivity index (χ2n) is 5.48. The topological polar surface area (TPSA) is 97.6 Å². The molecule has 0 N–H and O–H groups in total. The lowest BCUT2D eigenvalue weighted by atomic mass is 10.1. The number of ketones is 1. The molecule has 136 valence electrons. The van der Waals surface area contributed by atoms with Gasteiger partial charge in [-0.3, -0.25) is 14.9 Å². The molecule has 0 bridgehead atoms. The maximum absolute atomic E-state index is 12.2. The zero-order valence-corrected chi connectivity index (χ0v) is 15.5. The molecule has 0 aliphatic heterocycles. The summed E-state index contributed by atoms with van der Waals surface area (Å²) in [5.41, 5.74) is 0.489. The average Bonchev–Trinajstić information content (AvgIpc) is 2.60. The van der Waals surface area contributed by atoms with Crippen molar-refractivity contribution >= 4 is 39.2 Å². The van der Waals surface area contributed by atoms with Crippen molar-refractivity contribution in [3.8, 4) is 0 Å². The van der Waals surface area contributed by atoms with Gasteiger partial charge in [-0.2, -0.15) is 0 Å². The highest BCUT2D eigenvalue weighted by Crippen LogP contribution is 2.25. The summed E-state index contributed by atoms with van der Waals surface area (Å²) in [6.07, 6.45) is 2.68. The summed E-state index contributed by atoms with van der Waals surface area (Å²) in [5, 5.41) is 10.9. The predicted octanol–water partition coefficient (Wildman–Crippen LogP) is 3.39. The summed E-state index contributed by atoms with van der Waals surface area (Å²) < 4.78 is 25.1. The highest BCUT2D eigenvalue weighted by Gasteiger charge is 2.17. The number of benzene rings is 2. The molecule has 7 nitrogen and oxygen atoms in total. The molecule has 0 fully saturated rings. The van der Waals surface area contributed by atoms with Gasteiger partial charge in [-0.05, 0) is 42.0 Å². The van der Waals surface area contributed by atoms with E-state index >= 15 is 0 Å². The first-order valence-corrected chi connectivity index (χ1v) is 9.13. The van der Waals surface area contributed by atoms with Crippen LogP contribution in [0.5, 0.6) is 0 Å². The Balaban J connectivity index is 2.21. The summed E-state index contributed by atoms with van der Waals surface area (Å²) in [7, 11) is -0.726. The minimum Gasteiger partial charge on any atom is -0.289 e. The van der Waals surface area contributed by atoms with Crippen LogP contribution in [0, 0.1) is 10.1 Å². The van der Waals surface area contributed by atoms with Crippen LogP contribution < -0.4 is 0 Å². The van der Waals surface area contributed by atoms with Crippen molar-refractivity contribution in [3.63, 3.8) is 0 Å². The third-order valence-corrected chi connectivity index (χ3v) is 5.66.